The molecule has 1 aliphatic rings. The van der Waals surface area contributed by atoms with Crippen LogP contribution < -0.4 is 5.32 Å². The Hall–Kier alpha value is -2.60. The number of benzene rings is 1. The number of nitrogens with one attached hydrogen (secondary N) is 1. The molecule has 0 saturated carbocycles. The van der Waals surface area contributed by atoms with Gasteiger partial charge in [0.05, 0.1) is 10.6 Å². The van der Waals surface area contributed by atoms with Crippen molar-refractivity contribution in [1.29, 1.82) is 0 Å². The molecule has 0 atom stereocenters. The highest BCUT2D eigenvalue weighted by Gasteiger charge is 2.42. The second kappa shape index (κ2) is 6.96. The second-order valence-corrected chi connectivity index (χ2v) is 7.72. The fourth-order valence-electron chi connectivity index (χ4n) is 2.81. The van der Waals surface area contributed by atoms with Gasteiger partial charge < -0.3 is 10.1 Å². The van der Waals surface area contributed by atoms with Gasteiger partial charge in [0.25, 0.3) is 11.8 Å². The summed E-state index contributed by atoms with van der Waals surface area (Å²) in [5, 5.41) is 5.64. The number of carbonyl (C=O) groups excluding carboxylic acids is 2. The first-order chi connectivity index (χ1) is 12.3. The minimum atomic E-state index is -1.06. The molecule has 0 radical (unpaired) electrons. The molecule has 0 aliphatic carbocycles. The number of anilines is 1. The smallest absolute Gasteiger partial charge is 0.261 e. The summed E-state index contributed by atoms with van der Waals surface area (Å²) < 4.78 is 5.73. The molecule has 0 saturated heterocycles. The van der Waals surface area contributed by atoms with E-state index in [0.29, 0.717) is 11.3 Å². The van der Waals surface area contributed by atoms with E-state index in [2.05, 4.69) is 5.32 Å². The zero-order valence-electron chi connectivity index (χ0n) is 15.3. The summed E-state index contributed by atoms with van der Waals surface area (Å²) in [5.74, 6) is 0.119. The van der Waals surface area contributed by atoms with Crippen molar-refractivity contribution in [3.63, 3.8) is 0 Å². The molecule has 1 N–H and O–H groups in total. The number of hydrogen-bond donors (Lipinski definition) is 1. The summed E-state index contributed by atoms with van der Waals surface area (Å²) in [4.78, 5) is 27.5. The van der Waals surface area contributed by atoms with Gasteiger partial charge in [0.1, 0.15) is 11.3 Å². The number of rotatable bonds is 4. The molecule has 0 spiro atoms. The van der Waals surface area contributed by atoms with E-state index in [-0.39, 0.29) is 18.5 Å². The van der Waals surface area contributed by atoms with E-state index >= 15 is 0 Å². The van der Waals surface area contributed by atoms with Crippen LogP contribution in [-0.2, 0) is 14.3 Å². The van der Waals surface area contributed by atoms with Crippen LogP contribution in [0.25, 0.3) is 5.57 Å². The quantitative estimate of drug-likeness (QED) is 0.884. The van der Waals surface area contributed by atoms with Crippen molar-refractivity contribution in [2.45, 2.75) is 33.2 Å². The summed E-state index contributed by atoms with van der Waals surface area (Å²) in [6.45, 7) is 7.25. The highest BCUT2D eigenvalue weighted by Crippen LogP contribution is 2.31. The van der Waals surface area contributed by atoms with Crippen LogP contribution in [0.1, 0.15) is 31.9 Å². The Morgan fingerprint density at radius 2 is 1.92 bits per heavy atom. The Morgan fingerprint density at radius 3 is 2.54 bits per heavy atom. The van der Waals surface area contributed by atoms with Crippen molar-refractivity contribution in [2.24, 2.45) is 0 Å². The van der Waals surface area contributed by atoms with Gasteiger partial charge >= 0.3 is 0 Å². The molecule has 6 heteroatoms. The number of nitrogens with zero attached hydrogens (tertiary/aromatic N) is 1. The first-order valence-electron chi connectivity index (χ1n) is 8.38. The lowest BCUT2D eigenvalue weighted by Crippen LogP contribution is -2.57. The maximum Gasteiger partial charge on any atom is 0.261 e. The largest absolute Gasteiger partial charge is 0.477 e. The van der Waals surface area contributed by atoms with E-state index in [0.717, 1.165) is 16.1 Å². The number of amides is 2. The SMILES string of the molecule is CC1=C(c2ccccc2)C(=O)N(C(C)(C)C(=O)Nc2cc(C)cs2)CO1. The molecule has 2 amide bonds. The topological polar surface area (TPSA) is 58.6 Å². The summed E-state index contributed by atoms with van der Waals surface area (Å²) in [5.41, 5.74) is 1.30. The van der Waals surface area contributed by atoms with Gasteiger partial charge in [0, 0.05) is 0 Å². The van der Waals surface area contributed by atoms with E-state index in [9.17, 15) is 9.59 Å². The van der Waals surface area contributed by atoms with Gasteiger partial charge in [-0.05, 0) is 50.3 Å². The number of carbonyl (C=O) groups is 2. The van der Waals surface area contributed by atoms with Crippen LogP contribution in [0.2, 0.25) is 0 Å². The van der Waals surface area contributed by atoms with Crippen LogP contribution in [0.4, 0.5) is 5.00 Å². The first-order valence-corrected chi connectivity index (χ1v) is 9.26. The van der Waals surface area contributed by atoms with Gasteiger partial charge in [-0.15, -0.1) is 11.3 Å². The Balaban J connectivity index is 1.86. The molecule has 3 rings (SSSR count). The third-order valence-electron chi connectivity index (χ3n) is 4.48. The average molecular weight is 370 g/mol. The number of allylic oxidation sites excluding steroid dienone is 1. The molecule has 0 unspecified atom stereocenters. The lowest BCUT2D eigenvalue weighted by Gasteiger charge is -2.40. The Bertz CT molecular complexity index is 868. The molecule has 0 fully saturated rings. The monoisotopic (exact) mass is 370 g/mol. The third kappa shape index (κ3) is 3.37. The van der Waals surface area contributed by atoms with Crippen molar-refractivity contribution < 1.29 is 14.3 Å². The van der Waals surface area contributed by atoms with Crippen molar-refractivity contribution >= 4 is 33.7 Å². The molecule has 26 heavy (non-hydrogen) atoms. The summed E-state index contributed by atoms with van der Waals surface area (Å²) in [6.07, 6.45) is 0. The Labute approximate surface area is 157 Å². The third-order valence-corrected chi connectivity index (χ3v) is 5.44. The minimum absolute atomic E-state index is 0.0465. The molecule has 2 heterocycles. The molecule has 136 valence electrons. The van der Waals surface area contributed by atoms with E-state index in [1.54, 1.807) is 20.8 Å². The predicted octanol–water partition coefficient (Wildman–Crippen LogP) is 4.02. The summed E-state index contributed by atoms with van der Waals surface area (Å²) in [6, 6.07) is 11.3. The highest BCUT2D eigenvalue weighted by molar-refractivity contribution is 7.14. The molecule has 1 aromatic carbocycles. The van der Waals surface area contributed by atoms with Crippen LogP contribution in [0.15, 0.2) is 47.5 Å². The lowest BCUT2D eigenvalue weighted by atomic mass is 9.96. The number of ether oxygens (including phenoxy) is 1. The standard InChI is InChI=1S/C20H22N2O3S/c1-13-10-16(26-11-13)21-19(24)20(3,4)22-12-25-14(2)17(18(22)23)15-8-6-5-7-9-15/h5-11H,12H2,1-4H3,(H,21,24). The van der Waals surface area contributed by atoms with Gasteiger partial charge in [-0.25, -0.2) is 0 Å². The van der Waals surface area contributed by atoms with Gasteiger partial charge in [-0.2, -0.15) is 0 Å². The van der Waals surface area contributed by atoms with Crippen LogP contribution in [0.3, 0.4) is 0 Å². The van der Waals surface area contributed by atoms with Gasteiger partial charge in [0.2, 0.25) is 0 Å². The molecular weight excluding hydrogens is 348 g/mol. The van der Waals surface area contributed by atoms with Gasteiger partial charge in [-0.3, -0.25) is 14.5 Å². The average Bonchev–Trinajstić information content (AvgIpc) is 3.00. The van der Waals surface area contributed by atoms with E-state index in [4.69, 9.17) is 4.74 Å². The molecular formula is C20H22N2O3S. The lowest BCUT2D eigenvalue weighted by molar-refractivity contribution is -0.147. The number of aryl methyl sites for hydroxylation is 1. The van der Waals surface area contributed by atoms with E-state index < -0.39 is 5.54 Å². The van der Waals surface area contributed by atoms with Crippen molar-refractivity contribution in [3.8, 4) is 0 Å². The van der Waals surface area contributed by atoms with Crippen LogP contribution in [-0.4, -0.2) is 29.0 Å². The molecule has 2 aromatic rings. The number of hydrogen-bond acceptors (Lipinski definition) is 4. The molecule has 5 nitrogen and oxygen atoms in total. The van der Waals surface area contributed by atoms with Crippen LogP contribution in [0.5, 0.6) is 0 Å². The second-order valence-electron chi connectivity index (χ2n) is 6.81. The van der Waals surface area contributed by atoms with Gasteiger partial charge in [-0.1, -0.05) is 30.3 Å². The molecule has 0 bridgehead atoms. The van der Waals surface area contributed by atoms with Crippen LogP contribution in [0, 0.1) is 6.92 Å². The zero-order valence-corrected chi connectivity index (χ0v) is 16.1. The van der Waals surface area contributed by atoms with Crippen molar-refractivity contribution in [1.82, 2.24) is 4.90 Å². The predicted molar refractivity (Wildman–Crippen MR) is 104 cm³/mol. The maximum absolute atomic E-state index is 13.2. The summed E-state index contributed by atoms with van der Waals surface area (Å²) in [7, 11) is 0. The first kappa shape index (κ1) is 18.2. The minimum Gasteiger partial charge on any atom is -0.477 e. The molecule has 1 aromatic heterocycles. The zero-order chi connectivity index (χ0) is 18.9. The fraction of sp³-hybridized carbons (Fsp3) is 0.300. The Morgan fingerprint density at radius 1 is 1.23 bits per heavy atom. The van der Waals surface area contributed by atoms with Gasteiger partial charge in [0.15, 0.2) is 6.73 Å². The van der Waals surface area contributed by atoms with E-state index in [1.807, 2.05) is 48.7 Å². The fourth-order valence-corrected chi connectivity index (χ4v) is 3.60. The molecule has 1 aliphatic heterocycles. The van der Waals surface area contributed by atoms with Crippen molar-refractivity contribution in [3.05, 3.63) is 58.7 Å². The van der Waals surface area contributed by atoms with Crippen LogP contribution >= 0.6 is 11.3 Å². The summed E-state index contributed by atoms with van der Waals surface area (Å²) >= 11 is 1.46. The highest BCUT2D eigenvalue weighted by atomic mass is 32.1. The maximum atomic E-state index is 13.2. The Kier molecular flexibility index (Phi) is 4.87. The normalized spacial score (nSPS) is 15.1. The van der Waals surface area contributed by atoms with E-state index in [1.165, 1.54) is 16.2 Å². The van der Waals surface area contributed by atoms with Crippen molar-refractivity contribution in [2.75, 3.05) is 12.0 Å². The number of thiophene rings is 1.